The molecule has 2 aromatic carbocycles. The summed E-state index contributed by atoms with van der Waals surface area (Å²) >= 11 is 0. The van der Waals surface area contributed by atoms with E-state index in [2.05, 4.69) is 0 Å². The third kappa shape index (κ3) is 6.83. The van der Waals surface area contributed by atoms with Gasteiger partial charge < -0.3 is 14.7 Å². The number of rotatable bonds is 8. The number of hydrogen-bond donors (Lipinski definition) is 0. The molecule has 0 unspecified atom stereocenters. The fourth-order valence-corrected chi connectivity index (χ4v) is 4.68. The summed E-state index contributed by atoms with van der Waals surface area (Å²) in [7, 11) is -2.65. The molecule has 0 aliphatic heterocycles. The minimum absolute atomic E-state index is 0.00343. The van der Waals surface area contributed by atoms with E-state index in [0.29, 0.717) is 21.7 Å². The van der Waals surface area contributed by atoms with Crippen LogP contribution in [0.4, 0.5) is 5.69 Å². The van der Waals surface area contributed by atoms with E-state index in [-0.39, 0.29) is 4.90 Å². The van der Waals surface area contributed by atoms with Crippen LogP contribution in [0.5, 0.6) is 5.75 Å². The number of anilines is 1. The molecule has 0 aliphatic carbocycles. The Bertz CT molecular complexity index is 1290. The zero-order valence-electron chi connectivity index (χ0n) is 20.0. The number of carbonyl (C=O) groups excluding carboxylic acids is 1. The number of carbonyl (C=O) groups is 1. The Kier molecular flexibility index (Phi) is 7.81. The van der Waals surface area contributed by atoms with Gasteiger partial charge in [-0.2, -0.15) is 4.73 Å². The molecule has 0 bridgehead atoms. The number of nitrogens with zero attached hydrogens (tertiary/aromatic N) is 2. The second kappa shape index (κ2) is 10.6. The van der Waals surface area contributed by atoms with Crippen molar-refractivity contribution in [1.29, 1.82) is 0 Å². The minimum atomic E-state index is -4.14. The summed E-state index contributed by atoms with van der Waals surface area (Å²) in [5, 5.41) is 11.3. The van der Waals surface area contributed by atoms with Crippen LogP contribution in [0.25, 0.3) is 12.2 Å². The Labute approximate surface area is 205 Å². The first-order valence-electron chi connectivity index (χ1n) is 10.8. The molecule has 184 valence electrons. The second-order valence-electron chi connectivity index (χ2n) is 8.66. The van der Waals surface area contributed by atoms with Crippen LogP contribution in [0.2, 0.25) is 0 Å². The second-order valence-corrected chi connectivity index (χ2v) is 10.5. The van der Waals surface area contributed by atoms with Crippen molar-refractivity contribution in [2.24, 2.45) is 0 Å². The molecule has 0 aliphatic rings. The maximum absolute atomic E-state index is 13.7. The van der Waals surface area contributed by atoms with Crippen molar-refractivity contribution < 1.29 is 27.4 Å². The van der Waals surface area contributed by atoms with Crippen LogP contribution in [0.1, 0.15) is 31.9 Å². The van der Waals surface area contributed by atoms with Crippen molar-refractivity contribution in [2.45, 2.75) is 31.3 Å². The summed E-state index contributed by atoms with van der Waals surface area (Å²) in [6, 6.07) is 16.1. The Morgan fingerprint density at radius 1 is 1.00 bits per heavy atom. The first-order valence-corrected chi connectivity index (χ1v) is 12.3. The molecule has 9 heteroatoms. The largest absolute Gasteiger partial charge is 0.619 e. The molecule has 35 heavy (non-hydrogen) atoms. The number of sulfonamides is 1. The van der Waals surface area contributed by atoms with Crippen LogP contribution >= 0.6 is 0 Å². The van der Waals surface area contributed by atoms with Gasteiger partial charge in [0.1, 0.15) is 17.9 Å². The lowest BCUT2D eigenvalue weighted by Crippen LogP contribution is -2.39. The maximum atomic E-state index is 13.7. The maximum Gasteiger partial charge on any atom is 0.327 e. The van der Waals surface area contributed by atoms with E-state index in [1.165, 1.54) is 31.6 Å². The molecule has 0 saturated carbocycles. The van der Waals surface area contributed by atoms with Gasteiger partial charge in [0.25, 0.3) is 10.0 Å². The molecule has 8 nitrogen and oxygen atoms in total. The van der Waals surface area contributed by atoms with Gasteiger partial charge in [-0.3, -0.25) is 9.10 Å². The number of methoxy groups -OCH3 is 1. The molecular weight excluding hydrogens is 468 g/mol. The molecule has 3 rings (SSSR count). The molecule has 0 amide bonds. The summed E-state index contributed by atoms with van der Waals surface area (Å²) < 4.78 is 39.7. The molecule has 0 spiro atoms. The van der Waals surface area contributed by atoms with Gasteiger partial charge >= 0.3 is 5.97 Å². The number of hydrogen-bond acceptors (Lipinski definition) is 6. The lowest BCUT2D eigenvalue weighted by atomic mass is 10.1. The molecule has 1 aromatic heterocycles. The smallest absolute Gasteiger partial charge is 0.327 e. The number of esters is 1. The van der Waals surface area contributed by atoms with E-state index in [9.17, 15) is 18.4 Å². The highest BCUT2D eigenvalue weighted by Crippen LogP contribution is 2.29. The summed E-state index contributed by atoms with van der Waals surface area (Å²) in [6.45, 7) is 4.64. The number of ether oxygens (including phenoxy) is 2. The number of aromatic nitrogens is 1. The van der Waals surface area contributed by atoms with Gasteiger partial charge in [0.15, 0.2) is 12.4 Å². The van der Waals surface area contributed by atoms with Crippen LogP contribution in [0.3, 0.4) is 0 Å². The first-order chi connectivity index (χ1) is 16.5. The quantitative estimate of drug-likeness (QED) is 0.265. The van der Waals surface area contributed by atoms with Crippen LogP contribution in [-0.2, 0) is 19.6 Å². The van der Waals surface area contributed by atoms with Crippen molar-refractivity contribution in [3.05, 3.63) is 89.4 Å². The van der Waals surface area contributed by atoms with Crippen LogP contribution in [0, 0.1) is 5.21 Å². The Hall–Kier alpha value is -3.85. The Morgan fingerprint density at radius 3 is 2.23 bits per heavy atom. The third-order valence-electron chi connectivity index (χ3n) is 4.83. The molecule has 3 aromatic rings. The average molecular weight is 497 g/mol. The van der Waals surface area contributed by atoms with Gasteiger partial charge in [0.2, 0.25) is 0 Å². The minimum Gasteiger partial charge on any atom is -0.619 e. The van der Waals surface area contributed by atoms with Gasteiger partial charge in [-0.05, 0) is 62.2 Å². The summed E-state index contributed by atoms with van der Waals surface area (Å²) in [5.41, 5.74) is 0.841. The normalized spacial score (nSPS) is 11.9. The predicted molar refractivity (Wildman–Crippen MR) is 134 cm³/mol. The van der Waals surface area contributed by atoms with Crippen LogP contribution < -0.4 is 13.8 Å². The van der Waals surface area contributed by atoms with Gasteiger partial charge in [0.05, 0.1) is 17.7 Å². The Balaban J connectivity index is 2.06. The van der Waals surface area contributed by atoms with Gasteiger partial charge in [-0.15, -0.1) is 0 Å². The first kappa shape index (κ1) is 25.8. The number of para-hydroxylation sites is 1. The third-order valence-corrected chi connectivity index (χ3v) is 6.60. The summed E-state index contributed by atoms with van der Waals surface area (Å²) in [5.74, 6) is -0.176. The summed E-state index contributed by atoms with van der Waals surface area (Å²) in [6.07, 6.45) is 6.22. The zero-order chi connectivity index (χ0) is 25.6. The monoisotopic (exact) mass is 496 g/mol. The SMILES string of the molecule is COc1ccc(S(=O)(=O)N(CC(=O)OC(C)(C)C)c2ccccc2/C=C/c2cc[n+]([O-])cc2)cc1. The highest BCUT2D eigenvalue weighted by atomic mass is 32.2. The lowest BCUT2D eigenvalue weighted by molar-refractivity contribution is -0.605. The lowest BCUT2D eigenvalue weighted by Gasteiger charge is -2.27. The van der Waals surface area contributed by atoms with E-state index < -0.39 is 28.1 Å². The van der Waals surface area contributed by atoms with E-state index >= 15 is 0 Å². The molecule has 0 N–H and O–H groups in total. The zero-order valence-corrected chi connectivity index (χ0v) is 20.9. The van der Waals surface area contributed by atoms with Crippen molar-refractivity contribution in [3.63, 3.8) is 0 Å². The molecule has 0 radical (unpaired) electrons. The van der Waals surface area contributed by atoms with Crippen molar-refractivity contribution in [2.75, 3.05) is 18.0 Å². The number of pyridine rings is 1. The molecule has 0 fully saturated rings. The molecular formula is C26H28N2O6S. The average Bonchev–Trinajstić information content (AvgIpc) is 2.81. The molecule has 0 saturated heterocycles. The molecule has 0 atom stereocenters. The van der Waals surface area contributed by atoms with E-state index in [0.717, 1.165) is 9.87 Å². The fraction of sp³-hybridized carbons (Fsp3) is 0.231. The highest BCUT2D eigenvalue weighted by molar-refractivity contribution is 7.92. The van der Waals surface area contributed by atoms with E-state index in [4.69, 9.17) is 9.47 Å². The van der Waals surface area contributed by atoms with Crippen molar-refractivity contribution >= 4 is 33.8 Å². The topological polar surface area (TPSA) is 99.9 Å². The van der Waals surface area contributed by atoms with Crippen LogP contribution in [0.15, 0.2) is 78.0 Å². The Morgan fingerprint density at radius 2 is 1.63 bits per heavy atom. The van der Waals surface area contributed by atoms with E-state index in [1.807, 2.05) is 0 Å². The molecule has 1 heterocycles. The van der Waals surface area contributed by atoms with Crippen molar-refractivity contribution in [1.82, 2.24) is 0 Å². The predicted octanol–water partition coefficient (Wildman–Crippen LogP) is 4.04. The van der Waals surface area contributed by atoms with E-state index in [1.54, 1.807) is 81.5 Å². The van der Waals surface area contributed by atoms with Crippen molar-refractivity contribution in [3.8, 4) is 5.75 Å². The van der Waals surface area contributed by atoms with Gasteiger partial charge in [0, 0.05) is 12.1 Å². The fourth-order valence-electron chi connectivity index (χ4n) is 3.24. The van der Waals surface area contributed by atoms with Gasteiger partial charge in [-0.25, -0.2) is 8.42 Å². The number of benzene rings is 2. The highest BCUT2D eigenvalue weighted by Gasteiger charge is 2.30. The standard InChI is InChI=1S/C26H28N2O6S/c1-26(2,3)34-25(29)19-28(35(31,32)23-13-11-22(33-4)12-14-23)24-8-6-5-7-21(24)10-9-20-15-17-27(30)18-16-20/h5-18H,19H2,1-4H3/b10-9+. The van der Waals surface area contributed by atoms with Crippen LogP contribution in [-0.4, -0.2) is 33.6 Å². The summed E-state index contributed by atoms with van der Waals surface area (Å²) in [4.78, 5) is 12.7. The van der Waals surface area contributed by atoms with Gasteiger partial charge in [-0.1, -0.05) is 30.4 Å².